The Hall–Kier alpha value is -2.30. The third kappa shape index (κ3) is 2.59. The fourth-order valence-corrected chi connectivity index (χ4v) is 1.96. The van der Waals surface area contributed by atoms with E-state index >= 15 is 0 Å². The minimum atomic E-state index is 0.0578. The number of aromatic nitrogens is 2. The van der Waals surface area contributed by atoms with Crippen molar-refractivity contribution in [3.63, 3.8) is 0 Å². The largest absolute Gasteiger partial charge is 0.496 e. The molecule has 0 bridgehead atoms. The summed E-state index contributed by atoms with van der Waals surface area (Å²) in [5.74, 6) is 0.846. The molecule has 0 saturated heterocycles. The number of aryl methyl sites for hydroxylation is 1. The van der Waals surface area contributed by atoms with Gasteiger partial charge in [-0.2, -0.15) is 0 Å². The van der Waals surface area contributed by atoms with Crippen LogP contribution in [0.15, 0.2) is 24.5 Å². The first-order chi connectivity index (χ1) is 9.02. The van der Waals surface area contributed by atoms with Crippen LogP contribution in [0.3, 0.4) is 0 Å². The van der Waals surface area contributed by atoms with Crippen LogP contribution in [-0.4, -0.2) is 22.5 Å². The summed E-state index contributed by atoms with van der Waals surface area (Å²) in [7, 11) is 1.64. The van der Waals surface area contributed by atoms with Crippen molar-refractivity contribution in [2.24, 2.45) is 5.73 Å². The Morgan fingerprint density at radius 2 is 2.16 bits per heavy atom. The Bertz CT molecular complexity index is 616. The number of benzene rings is 1. The number of rotatable bonds is 4. The van der Waals surface area contributed by atoms with Crippen LogP contribution in [0.4, 0.5) is 0 Å². The van der Waals surface area contributed by atoms with Crippen LogP contribution in [0.1, 0.15) is 22.5 Å². The van der Waals surface area contributed by atoms with Gasteiger partial charge in [0, 0.05) is 16.8 Å². The standard InChI is InChI=1S/C14H18N4O/c1-9-10(2)18(8-17-9)7-12-6-11(14(15)16)4-5-13(12)19-3/h4-6,8H,7H2,1-3H3,(H3,15,16). The Labute approximate surface area is 112 Å². The molecular formula is C14H18N4O. The molecule has 5 nitrogen and oxygen atoms in total. The summed E-state index contributed by atoms with van der Waals surface area (Å²) in [6.45, 7) is 4.66. The van der Waals surface area contributed by atoms with E-state index in [1.54, 1.807) is 13.2 Å². The number of imidazole rings is 1. The van der Waals surface area contributed by atoms with Crippen LogP contribution >= 0.6 is 0 Å². The van der Waals surface area contributed by atoms with Gasteiger partial charge in [0.05, 0.1) is 25.7 Å². The molecule has 1 heterocycles. The van der Waals surface area contributed by atoms with E-state index in [1.807, 2.05) is 32.3 Å². The summed E-state index contributed by atoms with van der Waals surface area (Å²) < 4.78 is 7.41. The third-order valence-corrected chi connectivity index (χ3v) is 3.28. The van der Waals surface area contributed by atoms with Gasteiger partial charge in [0.1, 0.15) is 11.6 Å². The van der Waals surface area contributed by atoms with Gasteiger partial charge in [-0.15, -0.1) is 0 Å². The highest BCUT2D eigenvalue weighted by molar-refractivity contribution is 5.95. The zero-order valence-corrected chi connectivity index (χ0v) is 11.4. The second-order valence-electron chi connectivity index (χ2n) is 4.48. The van der Waals surface area contributed by atoms with Crippen LogP contribution in [0.5, 0.6) is 5.75 Å². The molecule has 0 aliphatic rings. The molecule has 0 fully saturated rings. The molecule has 0 atom stereocenters. The van der Waals surface area contributed by atoms with Crippen LogP contribution in [0, 0.1) is 19.3 Å². The van der Waals surface area contributed by atoms with Crippen molar-refractivity contribution < 1.29 is 4.74 Å². The van der Waals surface area contributed by atoms with Gasteiger partial charge in [-0.25, -0.2) is 4.98 Å². The summed E-state index contributed by atoms with van der Waals surface area (Å²) >= 11 is 0. The molecule has 1 aromatic carbocycles. The molecule has 0 aliphatic carbocycles. The lowest BCUT2D eigenvalue weighted by Crippen LogP contribution is -2.12. The smallest absolute Gasteiger partial charge is 0.123 e. The number of hydrogen-bond donors (Lipinski definition) is 2. The monoisotopic (exact) mass is 258 g/mol. The number of hydrogen-bond acceptors (Lipinski definition) is 3. The lowest BCUT2D eigenvalue weighted by molar-refractivity contribution is 0.408. The Morgan fingerprint density at radius 3 is 2.68 bits per heavy atom. The molecule has 0 radical (unpaired) electrons. The Kier molecular flexibility index (Phi) is 3.55. The highest BCUT2D eigenvalue weighted by atomic mass is 16.5. The fraction of sp³-hybridized carbons (Fsp3) is 0.286. The SMILES string of the molecule is COc1ccc(C(=N)N)cc1Cn1cnc(C)c1C. The topological polar surface area (TPSA) is 76.9 Å². The van der Waals surface area contributed by atoms with Crippen molar-refractivity contribution in [3.8, 4) is 5.75 Å². The van der Waals surface area contributed by atoms with Crippen molar-refractivity contribution in [2.75, 3.05) is 7.11 Å². The quantitative estimate of drug-likeness (QED) is 0.649. The fourth-order valence-electron chi connectivity index (χ4n) is 1.96. The van der Waals surface area contributed by atoms with Gasteiger partial charge in [-0.3, -0.25) is 5.41 Å². The minimum Gasteiger partial charge on any atom is -0.496 e. The van der Waals surface area contributed by atoms with E-state index in [1.165, 1.54) is 0 Å². The molecule has 5 heteroatoms. The Morgan fingerprint density at radius 1 is 1.42 bits per heavy atom. The second kappa shape index (κ2) is 5.14. The second-order valence-corrected chi connectivity index (χ2v) is 4.48. The number of ether oxygens (including phenoxy) is 1. The van der Waals surface area contributed by atoms with E-state index in [0.29, 0.717) is 12.1 Å². The summed E-state index contributed by atoms with van der Waals surface area (Å²) in [4.78, 5) is 4.28. The first-order valence-corrected chi connectivity index (χ1v) is 6.02. The number of methoxy groups -OCH3 is 1. The normalized spacial score (nSPS) is 10.5. The maximum atomic E-state index is 7.50. The van der Waals surface area contributed by atoms with Crippen molar-refractivity contribution in [2.45, 2.75) is 20.4 Å². The van der Waals surface area contributed by atoms with Gasteiger partial charge >= 0.3 is 0 Å². The summed E-state index contributed by atoms with van der Waals surface area (Å²) in [6, 6.07) is 5.51. The highest BCUT2D eigenvalue weighted by Crippen LogP contribution is 2.21. The molecule has 0 spiro atoms. The minimum absolute atomic E-state index is 0.0578. The predicted molar refractivity (Wildman–Crippen MR) is 74.8 cm³/mol. The summed E-state index contributed by atoms with van der Waals surface area (Å²) in [5.41, 5.74) is 9.34. The first-order valence-electron chi connectivity index (χ1n) is 6.02. The number of nitrogens with one attached hydrogen (secondary N) is 1. The van der Waals surface area contributed by atoms with E-state index in [9.17, 15) is 0 Å². The molecular weight excluding hydrogens is 240 g/mol. The molecule has 0 saturated carbocycles. The van der Waals surface area contributed by atoms with Gasteiger partial charge in [0.2, 0.25) is 0 Å². The number of nitrogens with zero attached hydrogens (tertiary/aromatic N) is 2. The van der Waals surface area contributed by atoms with Gasteiger partial charge < -0.3 is 15.0 Å². The van der Waals surface area contributed by atoms with Gasteiger partial charge in [-0.1, -0.05) is 0 Å². The van der Waals surface area contributed by atoms with E-state index in [2.05, 4.69) is 9.55 Å². The maximum Gasteiger partial charge on any atom is 0.123 e. The van der Waals surface area contributed by atoms with E-state index in [0.717, 1.165) is 22.7 Å². The average Bonchev–Trinajstić information content (AvgIpc) is 2.70. The number of amidine groups is 1. The van der Waals surface area contributed by atoms with Crippen LogP contribution in [0.2, 0.25) is 0 Å². The lowest BCUT2D eigenvalue weighted by Gasteiger charge is -2.12. The molecule has 0 aliphatic heterocycles. The van der Waals surface area contributed by atoms with Crippen LogP contribution in [-0.2, 0) is 6.54 Å². The van der Waals surface area contributed by atoms with E-state index < -0.39 is 0 Å². The summed E-state index contributed by atoms with van der Waals surface area (Å²) in [5, 5.41) is 7.50. The van der Waals surface area contributed by atoms with Gasteiger partial charge in [0.25, 0.3) is 0 Å². The number of nitrogen functional groups attached to an aromatic ring is 1. The molecule has 2 rings (SSSR count). The van der Waals surface area contributed by atoms with Gasteiger partial charge in [0.15, 0.2) is 0 Å². The zero-order chi connectivity index (χ0) is 14.0. The predicted octanol–water partition coefficient (Wildman–Crippen LogP) is 1.84. The van der Waals surface area contributed by atoms with Gasteiger partial charge in [-0.05, 0) is 32.0 Å². The molecule has 1 aromatic heterocycles. The van der Waals surface area contributed by atoms with E-state index in [4.69, 9.17) is 15.9 Å². The van der Waals surface area contributed by atoms with E-state index in [-0.39, 0.29) is 5.84 Å². The van der Waals surface area contributed by atoms with Crippen molar-refractivity contribution in [3.05, 3.63) is 47.0 Å². The zero-order valence-electron chi connectivity index (χ0n) is 11.4. The highest BCUT2D eigenvalue weighted by Gasteiger charge is 2.09. The molecule has 3 N–H and O–H groups in total. The molecule has 100 valence electrons. The van der Waals surface area contributed by atoms with Crippen LogP contribution < -0.4 is 10.5 Å². The molecule has 2 aromatic rings. The molecule has 0 amide bonds. The molecule has 19 heavy (non-hydrogen) atoms. The summed E-state index contributed by atoms with van der Waals surface area (Å²) in [6.07, 6.45) is 1.81. The maximum absolute atomic E-state index is 7.50. The first kappa shape index (κ1) is 13.1. The average molecular weight is 258 g/mol. The van der Waals surface area contributed by atoms with Crippen molar-refractivity contribution in [1.82, 2.24) is 9.55 Å². The van der Waals surface area contributed by atoms with Crippen molar-refractivity contribution >= 4 is 5.84 Å². The third-order valence-electron chi connectivity index (χ3n) is 3.28. The Balaban J connectivity index is 2.40. The lowest BCUT2D eigenvalue weighted by atomic mass is 10.1. The van der Waals surface area contributed by atoms with Crippen LogP contribution in [0.25, 0.3) is 0 Å². The number of nitrogens with two attached hydrogens (primary N) is 1. The van der Waals surface area contributed by atoms with Crippen molar-refractivity contribution in [1.29, 1.82) is 5.41 Å². The molecule has 0 unspecified atom stereocenters.